The molecule has 4 heteroatoms. The smallest absolute Gasteiger partial charge is 0.200 e. The molecule has 0 N–H and O–H groups in total. The molecular weight excluding hydrogens is 340 g/mol. The first kappa shape index (κ1) is 18.0. The Kier molecular flexibility index (Phi) is 4.41. The number of fused-ring (bicyclic) bond motifs is 6. The Morgan fingerprint density at radius 1 is 1.08 bits per heavy atom. The van der Waals surface area contributed by atoms with Gasteiger partial charge in [0.2, 0.25) is 6.29 Å². The van der Waals surface area contributed by atoms with E-state index in [-0.39, 0.29) is 17.4 Å². The molecule has 0 radical (unpaired) electrons. The van der Waals surface area contributed by atoms with Gasteiger partial charge in [-0.3, -0.25) is 0 Å². The molecule has 2 bridgehead atoms. The molecule has 4 rings (SSSR count). The summed E-state index contributed by atoms with van der Waals surface area (Å²) in [5, 5.41) is 2.82. The predicted octanol–water partition coefficient (Wildman–Crippen LogP) is 5.84. The van der Waals surface area contributed by atoms with Gasteiger partial charge in [-0.15, -0.1) is 0 Å². The lowest BCUT2D eigenvalue weighted by molar-refractivity contribution is -0.170. The summed E-state index contributed by atoms with van der Waals surface area (Å²) < 4.78 is 18.8. The maximum atomic E-state index is 6.43. The third-order valence-corrected chi connectivity index (χ3v) is 10.9. The van der Waals surface area contributed by atoms with Crippen LogP contribution in [0.3, 0.4) is 0 Å². The summed E-state index contributed by atoms with van der Waals surface area (Å²) in [6, 6.07) is 12.9. The Balaban J connectivity index is 1.56. The molecule has 1 saturated heterocycles. The summed E-state index contributed by atoms with van der Waals surface area (Å²) in [5.41, 5.74) is 1.36. The van der Waals surface area contributed by atoms with Crippen molar-refractivity contribution in [1.29, 1.82) is 0 Å². The van der Waals surface area contributed by atoms with Crippen LogP contribution in [0.25, 0.3) is 10.8 Å². The number of hydrogen-bond donors (Lipinski definition) is 0. The van der Waals surface area contributed by atoms with Crippen LogP contribution in [-0.2, 0) is 9.16 Å². The minimum atomic E-state index is -1.76. The average molecular weight is 371 g/mol. The van der Waals surface area contributed by atoms with Crippen LogP contribution in [0.2, 0.25) is 18.1 Å². The van der Waals surface area contributed by atoms with E-state index in [1.165, 1.54) is 16.3 Å². The van der Waals surface area contributed by atoms with Gasteiger partial charge in [-0.1, -0.05) is 51.1 Å². The van der Waals surface area contributed by atoms with Crippen molar-refractivity contribution in [2.45, 2.75) is 70.1 Å². The van der Waals surface area contributed by atoms with Crippen molar-refractivity contribution in [1.82, 2.24) is 0 Å². The molecule has 140 valence electrons. The summed E-state index contributed by atoms with van der Waals surface area (Å²) >= 11 is 0. The summed E-state index contributed by atoms with van der Waals surface area (Å²) in [5.74, 6) is 1.48. The van der Waals surface area contributed by atoms with Crippen LogP contribution in [0.1, 0.15) is 45.1 Å². The second kappa shape index (κ2) is 6.36. The molecule has 3 nitrogen and oxygen atoms in total. The Hall–Kier alpha value is -1.36. The van der Waals surface area contributed by atoms with Crippen molar-refractivity contribution in [3.8, 4) is 5.75 Å². The lowest BCUT2D eigenvalue weighted by atomic mass is 9.83. The van der Waals surface area contributed by atoms with Crippen LogP contribution in [-0.4, -0.2) is 27.3 Å². The lowest BCUT2D eigenvalue weighted by Crippen LogP contribution is -2.46. The molecule has 0 saturated carbocycles. The number of ether oxygens (including phenoxy) is 2. The molecule has 2 aromatic rings. The summed E-state index contributed by atoms with van der Waals surface area (Å²) in [7, 11) is -1.76. The molecule has 2 aliphatic rings. The third kappa shape index (κ3) is 3.19. The molecule has 3 unspecified atom stereocenters. The highest BCUT2D eigenvalue weighted by molar-refractivity contribution is 6.74. The summed E-state index contributed by atoms with van der Waals surface area (Å²) in [4.78, 5) is 0. The van der Waals surface area contributed by atoms with Gasteiger partial charge in [-0.05, 0) is 47.3 Å². The molecule has 0 aromatic heterocycles. The van der Waals surface area contributed by atoms with E-state index in [4.69, 9.17) is 13.9 Å². The summed E-state index contributed by atoms with van der Waals surface area (Å²) in [6.07, 6.45) is 1.92. The Morgan fingerprint density at radius 2 is 1.85 bits per heavy atom. The fraction of sp³-hybridized carbons (Fsp3) is 0.545. The number of rotatable bonds is 3. The largest absolute Gasteiger partial charge is 0.465 e. The molecule has 0 aliphatic carbocycles. The SMILES string of the molecule is CC(C)(C)[Si](C)(C)OCC1CC2CC(Oc3ccc4ccccc4c32)O1. The van der Waals surface area contributed by atoms with E-state index in [1.807, 2.05) is 0 Å². The fourth-order valence-electron chi connectivity index (χ4n) is 3.85. The van der Waals surface area contributed by atoms with Crippen molar-refractivity contribution >= 4 is 19.1 Å². The quantitative estimate of drug-likeness (QED) is 0.635. The fourth-order valence-corrected chi connectivity index (χ4v) is 4.88. The van der Waals surface area contributed by atoms with Gasteiger partial charge in [0.05, 0.1) is 12.7 Å². The highest BCUT2D eigenvalue weighted by Gasteiger charge is 2.41. The normalized spacial score (nSPS) is 25.7. The van der Waals surface area contributed by atoms with Gasteiger partial charge < -0.3 is 13.9 Å². The Morgan fingerprint density at radius 3 is 2.62 bits per heavy atom. The third-order valence-electron chi connectivity index (χ3n) is 6.40. The van der Waals surface area contributed by atoms with Crippen molar-refractivity contribution in [2.24, 2.45) is 0 Å². The average Bonchev–Trinajstić information content (AvgIpc) is 2.58. The monoisotopic (exact) mass is 370 g/mol. The standard InChI is InChI=1S/C22H30O3Si/c1-22(2,3)26(4,5)23-14-17-12-16-13-20(24-17)25-19-11-10-15-8-6-7-9-18(15)21(16)19/h6-11,16-17,20H,12-14H2,1-5H3. The minimum Gasteiger partial charge on any atom is -0.465 e. The maximum Gasteiger partial charge on any atom is 0.200 e. The Labute approximate surface area is 157 Å². The molecular formula is C22H30O3Si. The van der Waals surface area contributed by atoms with Crippen molar-refractivity contribution in [3.63, 3.8) is 0 Å². The second-order valence-electron chi connectivity index (χ2n) is 9.24. The van der Waals surface area contributed by atoms with Gasteiger partial charge in [-0.25, -0.2) is 0 Å². The van der Waals surface area contributed by atoms with Gasteiger partial charge in [-0.2, -0.15) is 0 Å². The zero-order valence-corrected chi connectivity index (χ0v) is 17.5. The summed E-state index contributed by atoms with van der Waals surface area (Å²) in [6.45, 7) is 12.1. The first-order chi connectivity index (χ1) is 12.2. The van der Waals surface area contributed by atoms with Crippen molar-refractivity contribution in [2.75, 3.05) is 6.61 Å². The zero-order valence-electron chi connectivity index (χ0n) is 16.5. The topological polar surface area (TPSA) is 27.7 Å². The molecule has 2 aromatic carbocycles. The van der Waals surface area contributed by atoms with Gasteiger partial charge in [0.15, 0.2) is 8.32 Å². The lowest BCUT2D eigenvalue weighted by Gasteiger charge is -2.42. The van der Waals surface area contributed by atoms with Gasteiger partial charge >= 0.3 is 0 Å². The maximum absolute atomic E-state index is 6.43. The van der Waals surface area contributed by atoms with Gasteiger partial charge in [0.1, 0.15) is 5.75 Å². The van der Waals surface area contributed by atoms with E-state index in [0.717, 1.165) is 18.6 Å². The van der Waals surface area contributed by atoms with E-state index in [1.54, 1.807) is 0 Å². The second-order valence-corrected chi connectivity index (χ2v) is 14.1. The first-order valence-electron chi connectivity index (χ1n) is 9.72. The first-order valence-corrected chi connectivity index (χ1v) is 12.6. The number of hydrogen-bond acceptors (Lipinski definition) is 3. The van der Waals surface area contributed by atoms with Gasteiger partial charge in [0.25, 0.3) is 0 Å². The van der Waals surface area contributed by atoms with Crippen molar-refractivity contribution < 1.29 is 13.9 Å². The van der Waals surface area contributed by atoms with E-state index >= 15 is 0 Å². The van der Waals surface area contributed by atoms with Crippen LogP contribution in [0.4, 0.5) is 0 Å². The zero-order chi connectivity index (χ0) is 18.5. The predicted molar refractivity (Wildman–Crippen MR) is 108 cm³/mol. The molecule has 2 aliphatic heterocycles. The highest BCUT2D eigenvalue weighted by atomic mass is 28.4. The van der Waals surface area contributed by atoms with E-state index in [0.29, 0.717) is 12.5 Å². The Bertz CT molecular complexity index is 809. The van der Waals surface area contributed by atoms with E-state index in [9.17, 15) is 0 Å². The van der Waals surface area contributed by atoms with E-state index in [2.05, 4.69) is 70.3 Å². The highest BCUT2D eigenvalue weighted by Crippen LogP contribution is 2.46. The molecule has 0 spiro atoms. The van der Waals surface area contributed by atoms with Crippen LogP contribution >= 0.6 is 0 Å². The van der Waals surface area contributed by atoms with Gasteiger partial charge in [0, 0.05) is 12.0 Å². The molecule has 3 atom stereocenters. The minimum absolute atomic E-state index is 0.111. The van der Waals surface area contributed by atoms with E-state index < -0.39 is 8.32 Å². The van der Waals surface area contributed by atoms with Crippen LogP contribution in [0.15, 0.2) is 36.4 Å². The molecule has 1 fully saturated rings. The molecule has 2 heterocycles. The van der Waals surface area contributed by atoms with Crippen LogP contribution < -0.4 is 4.74 Å². The molecule has 0 amide bonds. The number of benzene rings is 2. The van der Waals surface area contributed by atoms with Crippen molar-refractivity contribution in [3.05, 3.63) is 42.0 Å². The molecule has 26 heavy (non-hydrogen) atoms. The van der Waals surface area contributed by atoms with Crippen LogP contribution in [0.5, 0.6) is 5.75 Å². The van der Waals surface area contributed by atoms with Crippen LogP contribution in [0, 0.1) is 0 Å².